The first kappa shape index (κ1) is 42.0. The number of esters is 1. The third-order valence-corrected chi connectivity index (χ3v) is 8.04. The number of amides is 6. The molecule has 4 atom stereocenters. The minimum Gasteiger partial charge on any atom is -0.469 e. The van der Waals surface area contributed by atoms with Crippen LogP contribution in [0.2, 0.25) is 0 Å². The molecule has 1 aromatic carbocycles. The van der Waals surface area contributed by atoms with Crippen molar-refractivity contribution >= 4 is 52.8 Å². The van der Waals surface area contributed by atoms with Gasteiger partial charge in [-0.15, -0.1) is 0 Å². The number of non-ortho nitro benzene ring substituents is 1. The van der Waals surface area contributed by atoms with Gasteiger partial charge >= 0.3 is 5.97 Å². The van der Waals surface area contributed by atoms with Crippen molar-refractivity contribution in [3.8, 4) is 0 Å². The van der Waals surface area contributed by atoms with Gasteiger partial charge in [0, 0.05) is 37.8 Å². The van der Waals surface area contributed by atoms with E-state index in [4.69, 9.17) is 10.5 Å². The van der Waals surface area contributed by atoms with Crippen LogP contribution >= 0.6 is 0 Å². The fourth-order valence-corrected chi connectivity index (χ4v) is 5.57. The number of carbonyl (C=O) groups is 7. The maximum absolute atomic E-state index is 14.3. The number of nitrogens with one attached hydrogen (secondary N) is 4. The van der Waals surface area contributed by atoms with Gasteiger partial charge in [0.15, 0.2) is 6.17 Å². The van der Waals surface area contributed by atoms with Crippen LogP contribution in [0.5, 0.6) is 0 Å². The van der Waals surface area contributed by atoms with Crippen LogP contribution in [-0.2, 0) is 38.3 Å². The molecule has 282 valence electrons. The van der Waals surface area contributed by atoms with Gasteiger partial charge in [0.25, 0.3) is 23.4 Å². The van der Waals surface area contributed by atoms with Crippen LogP contribution in [0.15, 0.2) is 24.3 Å². The quantitative estimate of drug-likeness (QED) is 0.0599. The van der Waals surface area contributed by atoms with E-state index >= 15 is 0 Å². The lowest BCUT2D eigenvalue weighted by atomic mass is 9.99. The van der Waals surface area contributed by atoms with E-state index in [0.717, 1.165) is 12.0 Å². The Morgan fingerprint density at radius 3 is 2.02 bits per heavy atom. The number of nitro groups is 1. The SMILES string of the molecule is COC(=O)CCN(C(=O)[C@H](CC(C)C)NC(=O)[C@@H](NC(=O)CN)Nc1ccc([N+](=O)[O-])cc1)C(=O)[C@H](CC(C)C)NC(=O)[C@@H]1CCCN1C(C)=O. The Balaban J connectivity index is 2.46. The molecule has 2 rings (SSSR count). The molecule has 51 heavy (non-hydrogen) atoms. The summed E-state index contributed by atoms with van der Waals surface area (Å²) in [4.78, 5) is 105. The van der Waals surface area contributed by atoms with E-state index in [1.54, 1.807) is 13.8 Å². The number of methoxy groups -OCH3 is 1. The number of likely N-dealkylation sites (tertiary alicyclic amines) is 1. The number of anilines is 1. The number of rotatable bonds is 18. The second-order valence-corrected chi connectivity index (χ2v) is 13.1. The zero-order valence-corrected chi connectivity index (χ0v) is 29.9. The van der Waals surface area contributed by atoms with Crippen molar-refractivity contribution in [2.75, 3.05) is 32.1 Å². The lowest BCUT2D eigenvalue weighted by Crippen LogP contribution is -2.60. The van der Waals surface area contributed by atoms with Gasteiger partial charge in [-0.25, -0.2) is 0 Å². The Kier molecular flexibility index (Phi) is 16.4. The zero-order valence-electron chi connectivity index (χ0n) is 29.9. The topological polar surface area (TPSA) is 252 Å². The Morgan fingerprint density at radius 2 is 1.53 bits per heavy atom. The molecule has 1 aromatic rings. The van der Waals surface area contributed by atoms with Crippen LogP contribution in [-0.4, -0.2) is 107 Å². The lowest BCUT2D eigenvalue weighted by molar-refractivity contribution is -0.384. The van der Waals surface area contributed by atoms with E-state index in [-0.39, 0.29) is 48.4 Å². The van der Waals surface area contributed by atoms with Crippen LogP contribution in [0.25, 0.3) is 0 Å². The molecular formula is C33H50N8O10. The number of nitrogens with zero attached hydrogens (tertiary/aromatic N) is 3. The third-order valence-electron chi connectivity index (χ3n) is 8.04. The number of benzene rings is 1. The van der Waals surface area contributed by atoms with Gasteiger partial charge in [-0.05, 0) is 49.7 Å². The number of imide groups is 1. The average Bonchev–Trinajstić information content (AvgIpc) is 3.58. The largest absolute Gasteiger partial charge is 0.469 e. The monoisotopic (exact) mass is 718 g/mol. The van der Waals surface area contributed by atoms with E-state index in [1.807, 2.05) is 13.8 Å². The smallest absolute Gasteiger partial charge is 0.307 e. The van der Waals surface area contributed by atoms with Gasteiger partial charge in [-0.2, -0.15) is 0 Å². The highest BCUT2D eigenvalue weighted by atomic mass is 16.6. The minimum absolute atomic E-state index is 0.0263. The molecule has 0 saturated carbocycles. The van der Waals surface area contributed by atoms with Crippen molar-refractivity contribution in [2.45, 2.75) is 91.0 Å². The standard InChI is InChI=1S/C33H50N8O10/c1-19(2)16-24(36-30(45)26-8-7-14-39(26)21(5)42)32(47)40(15-13-28(44)51-6)33(48)25(17-20(3)4)37-31(46)29(38-27(43)18-34)35-22-9-11-23(12-10-22)41(49)50/h9-12,19-20,24-26,29,35H,7-8,13-18,34H2,1-6H3,(H,36,45)(H,37,46)(H,38,43)/t24-,25-,26-,29+/m0/s1. The van der Waals surface area contributed by atoms with E-state index < -0.39 is 77.8 Å². The van der Waals surface area contributed by atoms with Gasteiger partial charge in [-0.3, -0.25) is 48.6 Å². The number of hydrogen-bond donors (Lipinski definition) is 5. The summed E-state index contributed by atoms with van der Waals surface area (Å²) in [6.07, 6.45) is -0.737. The first-order chi connectivity index (χ1) is 24.0. The molecular weight excluding hydrogens is 668 g/mol. The summed E-state index contributed by atoms with van der Waals surface area (Å²) >= 11 is 0. The summed E-state index contributed by atoms with van der Waals surface area (Å²) in [6.45, 7) is 8.02. The number of nitro benzene ring substituents is 1. The van der Waals surface area contributed by atoms with Crippen LogP contribution in [0.4, 0.5) is 11.4 Å². The summed E-state index contributed by atoms with van der Waals surface area (Å²) in [5, 5.41) is 21.6. The molecule has 0 bridgehead atoms. The van der Waals surface area contributed by atoms with Crippen molar-refractivity contribution in [3.63, 3.8) is 0 Å². The highest BCUT2D eigenvalue weighted by Gasteiger charge is 2.39. The van der Waals surface area contributed by atoms with Gasteiger partial charge < -0.3 is 36.6 Å². The van der Waals surface area contributed by atoms with Crippen molar-refractivity contribution < 1.29 is 43.2 Å². The third kappa shape index (κ3) is 12.9. The molecule has 1 aliphatic heterocycles. The molecule has 0 unspecified atom stereocenters. The van der Waals surface area contributed by atoms with Crippen molar-refractivity contribution in [1.82, 2.24) is 25.8 Å². The minimum atomic E-state index is -1.51. The Hall–Kier alpha value is -5.13. The van der Waals surface area contributed by atoms with E-state index in [0.29, 0.717) is 19.4 Å². The highest BCUT2D eigenvalue weighted by Crippen LogP contribution is 2.20. The number of carbonyl (C=O) groups excluding carboxylic acids is 7. The summed E-state index contributed by atoms with van der Waals surface area (Å²) in [5.41, 5.74) is 5.46. The van der Waals surface area contributed by atoms with Gasteiger partial charge in [0.2, 0.25) is 17.7 Å². The molecule has 1 aliphatic rings. The maximum atomic E-state index is 14.3. The first-order valence-electron chi connectivity index (χ1n) is 16.8. The maximum Gasteiger partial charge on any atom is 0.307 e. The van der Waals surface area contributed by atoms with Crippen LogP contribution < -0.4 is 27.0 Å². The lowest BCUT2D eigenvalue weighted by Gasteiger charge is -2.32. The van der Waals surface area contributed by atoms with Gasteiger partial charge in [0.1, 0.15) is 18.1 Å². The van der Waals surface area contributed by atoms with Crippen molar-refractivity contribution in [2.24, 2.45) is 17.6 Å². The summed E-state index contributed by atoms with van der Waals surface area (Å²) in [5.74, 6) is -5.21. The molecule has 18 heteroatoms. The van der Waals surface area contributed by atoms with Crippen LogP contribution in [0.1, 0.15) is 66.7 Å². The fraction of sp³-hybridized carbons (Fsp3) is 0.606. The Labute approximate surface area is 296 Å². The van der Waals surface area contributed by atoms with E-state index in [2.05, 4.69) is 21.3 Å². The van der Waals surface area contributed by atoms with Crippen LogP contribution in [0.3, 0.4) is 0 Å². The summed E-state index contributed by atoms with van der Waals surface area (Å²) in [6, 6.07) is 1.66. The Bertz CT molecular complexity index is 1430. The number of ether oxygens (including phenoxy) is 1. The molecule has 0 aliphatic carbocycles. The zero-order chi connectivity index (χ0) is 38.4. The molecule has 1 saturated heterocycles. The molecule has 1 heterocycles. The predicted molar refractivity (Wildman–Crippen MR) is 184 cm³/mol. The fourth-order valence-electron chi connectivity index (χ4n) is 5.57. The molecule has 0 aromatic heterocycles. The second-order valence-electron chi connectivity index (χ2n) is 13.1. The number of nitrogens with two attached hydrogens (primary N) is 1. The molecule has 0 radical (unpaired) electrons. The average molecular weight is 719 g/mol. The normalized spacial score (nSPS) is 15.7. The molecule has 18 nitrogen and oxygen atoms in total. The first-order valence-corrected chi connectivity index (χ1v) is 16.8. The molecule has 6 amide bonds. The summed E-state index contributed by atoms with van der Waals surface area (Å²) < 4.78 is 4.74. The van der Waals surface area contributed by atoms with Gasteiger partial charge in [-0.1, -0.05) is 27.7 Å². The van der Waals surface area contributed by atoms with Gasteiger partial charge in [0.05, 0.1) is 25.0 Å². The van der Waals surface area contributed by atoms with Crippen molar-refractivity contribution in [3.05, 3.63) is 34.4 Å². The predicted octanol–water partition coefficient (Wildman–Crippen LogP) is 0.399. The Morgan fingerprint density at radius 1 is 0.961 bits per heavy atom. The molecule has 1 fully saturated rings. The van der Waals surface area contributed by atoms with E-state index in [1.165, 1.54) is 36.1 Å². The van der Waals surface area contributed by atoms with E-state index in [9.17, 15) is 43.7 Å². The van der Waals surface area contributed by atoms with Crippen LogP contribution in [0, 0.1) is 22.0 Å². The molecule has 0 spiro atoms. The number of hydrogen-bond acceptors (Lipinski definition) is 12. The summed E-state index contributed by atoms with van der Waals surface area (Å²) in [7, 11) is 1.15. The second kappa shape index (κ2) is 19.9. The highest BCUT2D eigenvalue weighted by molar-refractivity contribution is 6.03. The molecule has 6 N–H and O–H groups in total. The van der Waals surface area contributed by atoms with Crippen molar-refractivity contribution in [1.29, 1.82) is 0 Å².